The summed E-state index contributed by atoms with van der Waals surface area (Å²) in [6.07, 6.45) is 1.02. The van der Waals surface area contributed by atoms with Crippen molar-refractivity contribution in [3.8, 4) is 0 Å². The number of methoxy groups -OCH3 is 1. The van der Waals surface area contributed by atoms with Gasteiger partial charge in [0.25, 0.3) is 0 Å². The number of hydrogen-bond donors (Lipinski definition) is 2. The maximum absolute atomic E-state index is 5.11. The normalized spacial score (nSPS) is 17.2. The van der Waals surface area contributed by atoms with Gasteiger partial charge in [-0.2, -0.15) is 25.3 Å². The molecule has 0 fully saturated rings. The van der Waals surface area contributed by atoms with Crippen LogP contribution in [0, 0.1) is 0 Å². The van der Waals surface area contributed by atoms with Crippen LogP contribution >= 0.6 is 36.6 Å². The molecule has 0 radical (unpaired) electrons. The van der Waals surface area contributed by atoms with Crippen molar-refractivity contribution in [3.05, 3.63) is 15.6 Å². The third-order valence-electron chi connectivity index (χ3n) is 2.83. The van der Waals surface area contributed by atoms with Crippen molar-refractivity contribution in [3.63, 3.8) is 0 Å². The molecule has 17 heavy (non-hydrogen) atoms. The van der Waals surface area contributed by atoms with Gasteiger partial charge in [0.15, 0.2) is 0 Å². The zero-order valence-corrected chi connectivity index (χ0v) is 12.7. The summed E-state index contributed by atoms with van der Waals surface area (Å²) in [6, 6.07) is 0. The summed E-state index contributed by atoms with van der Waals surface area (Å²) < 4.78 is 4.68. The van der Waals surface area contributed by atoms with Crippen LogP contribution in [0.25, 0.3) is 0 Å². The van der Waals surface area contributed by atoms with E-state index in [1.165, 1.54) is 10.6 Å². The molecule has 2 rings (SSSR count). The molecule has 0 N–H and O–H groups in total. The van der Waals surface area contributed by atoms with Crippen LogP contribution < -0.4 is 0 Å². The smallest absolute Gasteiger partial charge is 0.119 e. The fourth-order valence-electron chi connectivity index (χ4n) is 1.86. The SMILES string of the molecule is COCCN1CCc2nc(C(C)(S)S)sc2C1. The Balaban J connectivity index is 2.08. The minimum absolute atomic E-state index is 0.431. The molecule has 6 heteroatoms. The van der Waals surface area contributed by atoms with E-state index in [2.05, 4.69) is 35.1 Å². The Labute approximate surface area is 117 Å². The topological polar surface area (TPSA) is 25.4 Å². The highest BCUT2D eigenvalue weighted by molar-refractivity contribution is 7.99. The zero-order chi connectivity index (χ0) is 12.5. The van der Waals surface area contributed by atoms with Gasteiger partial charge < -0.3 is 4.74 Å². The average molecular weight is 290 g/mol. The van der Waals surface area contributed by atoms with Crippen molar-refractivity contribution in [2.75, 3.05) is 26.8 Å². The number of nitrogens with zero attached hydrogens (tertiary/aromatic N) is 2. The van der Waals surface area contributed by atoms with Crippen LogP contribution in [0.1, 0.15) is 22.5 Å². The van der Waals surface area contributed by atoms with Gasteiger partial charge in [-0.15, -0.1) is 11.3 Å². The van der Waals surface area contributed by atoms with Crippen LogP contribution in [0.2, 0.25) is 0 Å². The summed E-state index contributed by atoms with van der Waals surface area (Å²) >= 11 is 10.7. The first kappa shape index (κ1) is 13.7. The molecule has 0 atom stereocenters. The predicted octanol–water partition coefficient (Wildman–Crippen LogP) is 2.18. The molecule has 1 aliphatic heterocycles. The molecule has 1 aliphatic rings. The number of hydrogen-bond acceptors (Lipinski definition) is 6. The lowest BCUT2D eigenvalue weighted by Crippen LogP contribution is -2.32. The van der Waals surface area contributed by atoms with Crippen molar-refractivity contribution in [2.45, 2.75) is 24.0 Å². The van der Waals surface area contributed by atoms with Gasteiger partial charge in [0.05, 0.1) is 12.3 Å². The molecule has 0 unspecified atom stereocenters. The fourth-order valence-corrected chi connectivity index (χ4v) is 3.33. The number of fused-ring (bicyclic) bond motifs is 1. The van der Waals surface area contributed by atoms with E-state index in [-0.39, 0.29) is 0 Å². The Kier molecular flexibility index (Phi) is 4.41. The Hall–Kier alpha value is 0.250. The van der Waals surface area contributed by atoms with Crippen LogP contribution in [-0.2, 0) is 21.8 Å². The van der Waals surface area contributed by atoms with Crippen molar-refractivity contribution >= 4 is 36.6 Å². The highest BCUT2D eigenvalue weighted by Crippen LogP contribution is 2.37. The van der Waals surface area contributed by atoms with E-state index in [1.807, 2.05) is 6.92 Å². The van der Waals surface area contributed by atoms with Crippen molar-refractivity contribution in [2.24, 2.45) is 0 Å². The highest BCUT2D eigenvalue weighted by Gasteiger charge is 2.26. The molecule has 0 aromatic carbocycles. The molecule has 3 nitrogen and oxygen atoms in total. The minimum Gasteiger partial charge on any atom is -0.383 e. The fraction of sp³-hybridized carbons (Fsp3) is 0.727. The van der Waals surface area contributed by atoms with Gasteiger partial charge in [-0.3, -0.25) is 4.90 Å². The summed E-state index contributed by atoms with van der Waals surface area (Å²) in [5, 5.41) is 1.00. The van der Waals surface area contributed by atoms with Crippen molar-refractivity contribution in [1.82, 2.24) is 9.88 Å². The lowest BCUT2D eigenvalue weighted by Gasteiger charge is -2.25. The lowest BCUT2D eigenvalue weighted by atomic mass is 10.2. The van der Waals surface area contributed by atoms with Crippen molar-refractivity contribution < 1.29 is 4.74 Å². The predicted molar refractivity (Wildman–Crippen MR) is 78.3 cm³/mol. The van der Waals surface area contributed by atoms with E-state index in [4.69, 9.17) is 4.74 Å². The maximum atomic E-state index is 5.11. The van der Waals surface area contributed by atoms with Gasteiger partial charge in [-0.1, -0.05) is 0 Å². The zero-order valence-electron chi connectivity index (χ0n) is 10.1. The van der Waals surface area contributed by atoms with E-state index < -0.39 is 4.08 Å². The summed E-state index contributed by atoms with van der Waals surface area (Å²) in [6.45, 7) is 5.79. The van der Waals surface area contributed by atoms with Gasteiger partial charge in [0.2, 0.25) is 0 Å². The monoisotopic (exact) mass is 290 g/mol. The maximum Gasteiger partial charge on any atom is 0.119 e. The summed E-state index contributed by atoms with van der Waals surface area (Å²) in [5.41, 5.74) is 1.23. The molecule has 96 valence electrons. The summed E-state index contributed by atoms with van der Waals surface area (Å²) in [5.74, 6) is 0. The molecular weight excluding hydrogens is 272 g/mol. The number of ether oxygens (including phenoxy) is 1. The quantitative estimate of drug-likeness (QED) is 0.657. The number of thiol groups is 2. The third-order valence-corrected chi connectivity index (χ3v) is 4.86. The van der Waals surface area contributed by atoms with E-state index in [1.54, 1.807) is 18.4 Å². The standard InChI is InChI=1S/C11H18N2OS3/c1-11(15,16)10-12-8-3-4-13(5-6-14-2)7-9(8)17-10/h15-16H,3-7H2,1-2H3. The molecule has 0 spiro atoms. The molecule has 1 aromatic heterocycles. The van der Waals surface area contributed by atoms with Gasteiger partial charge in [0.1, 0.15) is 9.09 Å². The van der Waals surface area contributed by atoms with Gasteiger partial charge >= 0.3 is 0 Å². The number of aromatic nitrogens is 1. The summed E-state index contributed by atoms with van der Waals surface area (Å²) in [4.78, 5) is 8.41. The molecule has 0 saturated carbocycles. The lowest BCUT2D eigenvalue weighted by molar-refractivity contribution is 0.141. The number of thiazole rings is 1. The van der Waals surface area contributed by atoms with Crippen LogP contribution in [0.5, 0.6) is 0 Å². The Bertz CT molecular complexity index is 387. The molecule has 2 heterocycles. The largest absolute Gasteiger partial charge is 0.383 e. The molecule has 0 bridgehead atoms. The Morgan fingerprint density at radius 3 is 2.94 bits per heavy atom. The second-order valence-electron chi connectivity index (χ2n) is 4.43. The summed E-state index contributed by atoms with van der Waals surface area (Å²) in [7, 11) is 1.74. The molecule has 0 amide bonds. The second-order valence-corrected chi connectivity index (χ2v) is 7.65. The molecule has 1 aromatic rings. The first-order valence-electron chi connectivity index (χ1n) is 5.66. The first-order chi connectivity index (χ1) is 8.00. The Morgan fingerprint density at radius 1 is 1.53 bits per heavy atom. The number of rotatable bonds is 4. The van der Waals surface area contributed by atoms with Crippen LogP contribution in [0.15, 0.2) is 0 Å². The second kappa shape index (κ2) is 5.48. The van der Waals surface area contributed by atoms with Gasteiger partial charge in [-0.25, -0.2) is 4.98 Å². The minimum atomic E-state index is -0.431. The Morgan fingerprint density at radius 2 is 2.29 bits per heavy atom. The first-order valence-corrected chi connectivity index (χ1v) is 7.37. The highest BCUT2D eigenvalue weighted by atomic mass is 32.2. The van der Waals surface area contributed by atoms with Gasteiger partial charge in [0, 0.05) is 38.0 Å². The average Bonchev–Trinajstić information content (AvgIpc) is 2.68. The third kappa shape index (κ3) is 3.38. The molecule has 0 saturated heterocycles. The van der Waals surface area contributed by atoms with Crippen LogP contribution in [-0.4, -0.2) is 36.7 Å². The van der Waals surface area contributed by atoms with E-state index in [0.717, 1.165) is 37.7 Å². The van der Waals surface area contributed by atoms with Crippen LogP contribution in [0.3, 0.4) is 0 Å². The van der Waals surface area contributed by atoms with E-state index >= 15 is 0 Å². The van der Waals surface area contributed by atoms with Gasteiger partial charge in [-0.05, 0) is 6.92 Å². The van der Waals surface area contributed by atoms with Crippen LogP contribution in [0.4, 0.5) is 0 Å². The van der Waals surface area contributed by atoms with E-state index in [9.17, 15) is 0 Å². The molecular formula is C11H18N2OS3. The van der Waals surface area contributed by atoms with E-state index in [0.29, 0.717) is 0 Å². The van der Waals surface area contributed by atoms with Crippen molar-refractivity contribution in [1.29, 1.82) is 0 Å². The molecule has 0 aliphatic carbocycles.